The molecule has 0 saturated heterocycles. The Morgan fingerprint density at radius 2 is 1.29 bits per heavy atom. The van der Waals surface area contributed by atoms with Gasteiger partial charge in [0.25, 0.3) is 0 Å². The summed E-state index contributed by atoms with van der Waals surface area (Å²) in [5.41, 5.74) is 0.348. The molecule has 0 heterocycles. The van der Waals surface area contributed by atoms with Gasteiger partial charge in [-0.2, -0.15) is 0 Å². The summed E-state index contributed by atoms with van der Waals surface area (Å²) in [4.78, 5) is 15.8. The van der Waals surface area contributed by atoms with Crippen LogP contribution in [0.4, 0.5) is 0 Å². The fraction of sp³-hybridized carbons (Fsp3) is 0.950. The number of rotatable bonds is 17. The number of nitrogens with zero attached hydrogens (tertiary/aromatic N) is 2. The van der Waals surface area contributed by atoms with Gasteiger partial charge in [0.1, 0.15) is 6.61 Å². The van der Waals surface area contributed by atoms with E-state index in [1.54, 1.807) is 0 Å². The number of aliphatic hydroxyl groups is 3. The van der Waals surface area contributed by atoms with Gasteiger partial charge in [-0.15, -0.1) is 0 Å². The Labute approximate surface area is 190 Å². The zero-order valence-electron chi connectivity index (χ0n) is 18.1. The molecule has 0 saturated carbocycles. The zero-order valence-corrected chi connectivity index (χ0v) is 21.6. The van der Waals surface area contributed by atoms with Crippen LogP contribution in [-0.4, -0.2) is 123 Å². The molecule has 0 rings (SSSR count). The molecule has 0 aromatic heterocycles. The van der Waals surface area contributed by atoms with Gasteiger partial charge in [0.2, 0.25) is 0 Å². The van der Waals surface area contributed by atoms with Gasteiger partial charge in [-0.1, -0.05) is 33.6 Å². The molecule has 0 spiro atoms. The molecular formula is C20H42BiN2O5. The second-order valence-electron chi connectivity index (χ2n) is 8.20. The first-order chi connectivity index (χ1) is 12.8. The summed E-state index contributed by atoms with van der Waals surface area (Å²) in [6, 6.07) is 0. The maximum atomic E-state index is 11.8. The number of hydrogen-bond acceptors (Lipinski definition) is 7. The molecule has 0 aromatic carbocycles. The number of ether oxygens (including phenoxy) is 1. The van der Waals surface area contributed by atoms with Crippen LogP contribution >= 0.6 is 0 Å². The van der Waals surface area contributed by atoms with Crippen LogP contribution in [0.15, 0.2) is 0 Å². The molecule has 0 aliphatic carbocycles. The maximum Gasteiger partial charge on any atom is 0.305 e. The van der Waals surface area contributed by atoms with Gasteiger partial charge < -0.3 is 20.1 Å². The predicted octanol–water partition coefficient (Wildman–Crippen LogP) is 0.726. The van der Waals surface area contributed by atoms with Crippen molar-refractivity contribution in [3.63, 3.8) is 0 Å². The Kier molecular flexibility index (Phi) is 20.7. The third-order valence-electron chi connectivity index (χ3n) is 4.46. The van der Waals surface area contributed by atoms with E-state index >= 15 is 0 Å². The van der Waals surface area contributed by atoms with Crippen LogP contribution in [0.3, 0.4) is 0 Å². The third kappa shape index (κ3) is 19.5. The summed E-state index contributed by atoms with van der Waals surface area (Å²) in [5.74, 6) is -0.156. The van der Waals surface area contributed by atoms with Crippen LogP contribution in [0.1, 0.15) is 52.9 Å². The minimum atomic E-state index is -0.156. The van der Waals surface area contributed by atoms with E-state index in [0.717, 1.165) is 19.3 Å². The summed E-state index contributed by atoms with van der Waals surface area (Å²) in [6.45, 7) is 10.6. The molecule has 0 unspecified atom stereocenters. The average molecular weight is 600 g/mol. The second kappa shape index (κ2) is 19.1. The quantitative estimate of drug-likeness (QED) is 0.129. The second-order valence-corrected chi connectivity index (χ2v) is 8.20. The number of aliphatic hydroxyl groups excluding tert-OH is 3. The van der Waals surface area contributed by atoms with Crippen molar-refractivity contribution in [2.45, 2.75) is 52.9 Å². The van der Waals surface area contributed by atoms with E-state index in [1.807, 2.05) is 9.80 Å². The number of esters is 1. The van der Waals surface area contributed by atoms with E-state index < -0.39 is 0 Å². The molecule has 3 radical (unpaired) electrons. The van der Waals surface area contributed by atoms with Crippen molar-refractivity contribution in [1.82, 2.24) is 9.80 Å². The zero-order chi connectivity index (χ0) is 20.5. The average Bonchev–Trinajstić information content (AvgIpc) is 2.58. The molecule has 167 valence electrons. The standard InChI is InChI=1S/C20H42N2O5.Bi/c1-20(2,3)8-6-4-5-7-19(26)27-18-14-22(13-17-25)10-9-21(11-15-23)12-16-24;/h23-25H,4-18H2,1-3H3;. The van der Waals surface area contributed by atoms with Gasteiger partial charge in [0.05, 0.1) is 19.8 Å². The smallest absolute Gasteiger partial charge is 0.305 e. The van der Waals surface area contributed by atoms with Crippen LogP contribution in [0.25, 0.3) is 0 Å². The van der Waals surface area contributed by atoms with Gasteiger partial charge in [0.15, 0.2) is 0 Å². The molecule has 0 bridgehead atoms. The minimum absolute atomic E-state index is 0. The number of carbonyl (C=O) groups is 1. The summed E-state index contributed by atoms with van der Waals surface area (Å²) in [5, 5.41) is 27.3. The maximum absolute atomic E-state index is 11.8. The van der Waals surface area contributed by atoms with Crippen molar-refractivity contribution in [1.29, 1.82) is 0 Å². The Morgan fingerprint density at radius 3 is 1.75 bits per heavy atom. The summed E-state index contributed by atoms with van der Waals surface area (Å²) >= 11 is 0. The van der Waals surface area contributed by atoms with E-state index in [2.05, 4.69) is 20.8 Å². The summed E-state index contributed by atoms with van der Waals surface area (Å²) in [7, 11) is 0. The first-order valence-corrected chi connectivity index (χ1v) is 10.3. The monoisotopic (exact) mass is 599 g/mol. The molecule has 8 heteroatoms. The first-order valence-electron chi connectivity index (χ1n) is 10.3. The molecule has 3 N–H and O–H groups in total. The third-order valence-corrected chi connectivity index (χ3v) is 4.46. The SMILES string of the molecule is CC(C)(C)CCCCCC(=O)OCCN(CCO)CCN(CCO)CCO.[Bi]. The molecule has 0 atom stereocenters. The Morgan fingerprint density at radius 1 is 0.786 bits per heavy atom. The number of hydrogen-bond donors (Lipinski definition) is 3. The van der Waals surface area contributed by atoms with Crippen LogP contribution < -0.4 is 0 Å². The fourth-order valence-electron chi connectivity index (χ4n) is 2.84. The van der Waals surface area contributed by atoms with Gasteiger partial charge in [-0.25, -0.2) is 0 Å². The van der Waals surface area contributed by atoms with Gasteiger partial charge >= 0.3 is 5.97 Å². The van der Waals surface area contributed by atoms with Crippen molar-refractivity contribution in [2.24, 2.45) is 5.41 Å². The Bertz CT molecular complexity index is 361. The van der Waals surface area contributed by atoms with Crippen LogP contribution in [0.5, 0.6) is 0 Å². The minimum Gasteiger partial charge on any atom is -0.464 e. The molecule has 7 nitrogen and oxygen atoms in total. The largest absolute Gasteiger partial charge is 0.464 e. The Balaban J connectivity index is 0. The fourth-order valence-corrected chi connectivity index (χ4v) is 2.84. The van der Waals surface area contributed by atoms with Crippen molar-refractivity contribution in [3.05, 3.63) is 0 Å². The van der Waals surface area contributed by atoms with Gasteiger partial charge in [0, 0.05) is 71.9 Å². The number of carbonyl (C=O) groups excluding carboxylic acids is 1. The van der Waals surface area contributed by atoms with Crippen molar-refractivity contribution in [2.75, 3.05) is 65.7 Å². The molecule has 0 amide bonds. The summed E-state index contributed by atoms with van der Waals surface area (Å²) < 4.78 is 5.31. The number of unbranched alkanes of at least 4 members (excludes halogenated alkanes) is 2. The molecule has 28 heavy (non-hydrogen) atoms. The Hall–Kier alpha value is 0.153. The summed E-state index contributed by atoms with van der Waals surface area (Å²) in [6.07, 6.45) is 4.69. The molecule has 0 aliphatic rings. The topological polar surface area (TPSA) is 93.5 Å². The van der Waals surface area contributed by atoms with Crippen molar-refractivity contribution < 1.29 is 24.9 Å². The molecule has 0 aromatic rings. The van der Waals surface area contributed by atoms with E-state index in [4.69, 9.17) is 14.9 Å². The normalized spacial score (nSPS) is 11.7. The molecular weight excluding hydrogens is 557 g/mol. The van der Waals surface area contributed by atoms with E-state index in [1.165, 1.54) is 6.42 Å². The predicted molar refractivity (Wildman–Crippen MR) is 113 cm³/mol. The van der Waals surface area contributed by atoms with Crippen LogP contribution in [0, 0.1) is 5.41 Å². The van der Waals surface area contributed by atoms with Gasteiger partial charge in [-0.3, -0.25) is 14.6 Å². The van der Waals surface area contributed by atoms with E-state index in [9.17, 15) is 9.90 Å². The first kappa shape index (κ1) is 30.3. The molecule has 0 fully saturated rings. The van der Waals surface area contributed by atoms with Gasteiger partial charge in [-0.05, 0) is 18.3 Å². The van der Waals surface area contributed by atoms with E-state index in [0.29, 0.717) is 57.7 Å². The van der Waals surface area contributed by atoms with Crippen LogP contribution in [0.2, 0.25) is 0 Å². The van der Waals surface area contributed by atoms with Crippen molar-refractivity contribution in [3.8, 4) is 0 Å². The van der Waals surface area contributed by atoms with E-state index in [-0.39, 0.29) is 52.0 Å². The van der Waals surface area contributed by atoms with Crippen LogP contribution in [-0.2, 0) is 9.53 Å². The van der Waals surface area contributed by atoms with Crippen molar-refractivity contribution >= 4 is 32.2 Å². The molecule has 0 aliphatic heterocycles.